The van der Waals surface area contributed by atoms with Gasteiger partial charge in [0.15, 0.2) is 0 Å². The fourth-order valence-electron chi connectivity index (χ4n) is 2.07. The highest BCUT2D eigenvalue weighted by atomic mass is 14.9. The van der Waals surface area contributed by atoms with Crippen LogP contribution in [0, 0.1) is 11.8 Å². The quantitative estimate of drug-likeness (QED) is 0.608. The zero-order valence-corrected chi connectivity index (χ0v) is 10.9. The minimum atomic E-state index is 0.799. The van der Waals surface area contributed by atoms with Crippen molar-refractivity contribution >= 4 is 0 Å². The van der Waals surface area contributed by atoms with Gasteiger partial charge in [-0.3, -0.25) is 0 Å². The van der Waals surface area contributed by atoms with Gasteiger partial charge in [0, 0.05) is 6.04 Å². The summed E-state index contributed by atoms with van der Waals surface area (Å²) in [6.45, 7) is 8.12. The normalized spacial score (nSPS) is 18.4. The van der Waals surface area contributed by atoms with E-state index in [4.69, 9.17) is 0 Å². The van der Waals surface area contributed by atoms with Crippen molar-refractivity contribution in [3.05, 3.63) is 0 Å². The van der Waals surface area contributed by atoms with E-state index >= 15 is 0 Å². The van der Waals surface area contributed by atoms with Crippen molar-refractivity contribution in [2.24, 2.45) is 11.8 Å². The average molecular weight is 211 g/mol. The Labute approximate surface area is 96.0 Å². The van der Waals surface area contributed by atoms with Gasteiger partial charge < -0.3 is 5.32 Å². The second-order valence-electron chi connectivity index (χ2n) is 5.64. The molecule has 0 saturated heterocycles. The highest BCUT2D eigenvalue weighted by molar-refractivity contribution is 4.77. The van der Waals surface area contributed by atoms with Gasteiger partial charge in [0.05, 0.1) is 0 Å². The molecule has 0 heterocycles. The predicted octanol–water partition coefficient (Wildman–Crippen LogP) is 3.98. The van der Waals surface area contributed by atoms with Crippen molar-refractivity contribution < 1.29 is 0 Å². The third-order valence-electron chi connectivity index (χ3n) is 3.40. The Hall–Kier alpha value is -0.0400. The third-order valence-corrected chi connectivity index (χ3v) is 3.40. The lowest BCUT2D eigenvalue weighted by Gasteiger charge is -2.19. The molecule has 0 spiro atoms. The minimum absolute atomic E-state index is 0.799. The summed E-state index contributed by atoms with van der Waals surface area (Å²) in [6, 6.07) is 0.799. The number of nitrogens with one attached hydrogen (secondary N) is 1. The summed E-state index contributed by atoms with van der Waals surface area (Å²) in [6.07, 6.45) is 9.92. The van der Waals surface area contributed by atoms with E-state index in [1.54, 1.807) is 0 Å². The second kappa shape index (κ2) is 7.27. The van der Waals surface area contributed by atoms with E-state index in [1.807, 2.05) is 0 Å². The van der Waals surface area contributed by atoms with E-state index in [1.165, 1.54) is 51.5 Å². The maximum absolute atomic E-state index is 3.71. The van der Waals surface area contributed by atoms with Gasteiger partial charge in [-0.2, -0.15) is 0 Å². The molecular weight excluding hydrogens is 182 g/mol. The Bertz CT molecular complexity index is 143. The summed E-state index contributed by atoms with van der Waals surface area (Å²) in [5, 5.41) is 3.71. The third kappa shape index (κ3) is 6.94. The summed E-state index contributed by atoms with van der Waals surface area (Å²) in [7, 11) is 0. The van der Waals surface area contributed by atoms with Crippen LogP contribution in [0.2, 0.25) is 0 Å². The summed E-state index contributed by atoms with van der Waals surface area (Å²) in [5.74, 6) is 1.95. The predicted molar refractivity (Wildman–Crippen MR) is 68.1 cm³/mol. The molecule has 1 rings (SSSR count). The van der Waals surface area contributed by atoms with Gasteiger partial charge in [-0.25, -0.2) is 0 Å². The highest BCUT2D eigenvalue weighted by Crippen LogP contribution is 2.34. The van der Waals surface area contributed by atoms with Gasteiger partial charge in [0.25, 0.3) is 0 Å². The molecule has 0 radical (unpaired) electrons. The fraction of sp³-hybridized carbons (Fsp3) is 1.00. The molecule has 0 bridgehead atoms. The van der Waals surface area contributed by atoms with Gasteiger partial charge in [-0.15, -0.1) is 0 Å². The van der Waals surface area contributed by atoms with Gasteiger partial charge in [0.2, 0.25) is 0 Å². The van der Waals surface area contributed by atoms with E-state index in [-0.39, 0.29) is 0 Å². The van der Waals surface area contributed by atoms with Crippen LogP contribution in [0.25, 0.3) is 0 Å². The summed E-state index contributed by atoms with van der Waals surface area (Å²) < 4.78 is 0. The van der Waals surface area contributed by atoms with Crippen LogP contribution >= 0.6 is 0 Å². The lowest BCUT2D eigenvalue weighted by Crippen LogP contribution is -2.30. The van der Waals surface area contributed by atoms with E-state index in [9.17, 15) is 0 Å². The Morgan fingerprint density at radius 1 is 1.13 bits per heavy atom. The van der Waals surface area contributed by atoms with Crippen molar-refractivity contribution in [1.82, 2.24) is 5.32 Å². The van der Waals surface area contributed by atoms with Crippen molar-refractivity contribution in [1.29, 1.82) is 0 Å². The minimum Gasteiger partial charge on any atom is -0.314 e. The first-order valence-electron chi connectivity index (χ1n) is 6.95. The van der Waals surface area contributed by atoms with Crippen LogP contribution in [-0.2, 0) is 0 Å². The van der Waals surface area contributed by atoms with E-state index in [0.29, 0.717) is 0 Å². The van der Waals surface area contributed by atoms with Crippen LogP contribution in [0.1, 0.15) is 65.7 Å². The molecule has 1 aliphatic rings. The number of rotatable bonds is 9. The van der Waals surface area contributed by atoms with Crippen molar-refractivity contribution in [2.45, 2.75) is 71.8 Å². The lowest BCUT2D eigenvalue weighted by atomic mass is 9.99. The van der Waals surface area contributed by atoms with Gasteiger partial charge in [-0.1, -0.05) is 33.6 Å². The SMILES string of the molecule is CCCNC(CCC(C)C)CCC1CC1. The van der Waals surface area contributed by atoms with Crippen LogP contribution in [0.15, 0.2) is 0 Å². The average Bonchev–Trinajstić information content (AvgIpc) is 3.00. The standard InChI is InChI=1S/C14H29N/c1-4-11-15-14(9-5-12(2)3)10-8-13-6-7-13/h12-15H,4-11H2,1-3H3. The monoisotopic (exact) mass is 211 g/mol. The molecule has 1 saturated carbocycles. The van der Waals surface area contributed by atoms with Crippen LogP contribution in [0.5, 0.6) is 0 Å². The molecule has 0 amide bonds. The molecule has 1 atom stereocenters. The number of hydrogen-bond acceptors (Lipinski definition) is 1. The van der Waals surface area contributed by atoms with Crippen LogP contribution in [-0.4, -0.2) is 12.6 Å². The second-order valence-corrected chi connectivity index (χ2v) is 5.64. The molecule has 90 valence electrons. The Morgan fingerprint density at radius 3 is 2.40 bits per heavy atom. The molecule has 1 N–H and O–H groups in total. The highest BCUT2D eigenvalue weighted by Gasteiger charge is 2.22. The Morgan fingerprint density at radius 2 is 1.87 bits per heavy atom. The van der Waals surface area contributed by atoms with Crippen LogP contribution in [0.3, 0.4) is 0 Å². The van der Waals surface area contributed by atoms with E-state index in [0.717, 1.165) is 17.9 Å². The van der Waals surface area contributed by atoms with Crippen molar-refractivity contribution in [3.8, 4) is 0 Å². The molecule has 1 unspecified atom stereocenters. The number of hydrogen-bond donors (Lipinski definition) is 1. The molecule has 15 heavy (non-hydrogen) atoms. The Kier molecular flexibility index (Phi) is 6.31. The summed E-state index contributed by atoms with van der Waals surface area (Å²) in [5.41, 5.74) is 0. The van der Waals surface area contributed by atoms with Crippen molar-refractivity contribution in [2.75, 3.05) is 6.54 Å². The zero-order valence-electron chi connectivity index (χ0n) is 10.9. The molecule has 0 aromatic rings. The van der Waals surface area contributed by atoms with E-state index in [2.05, 4.69) is 26.1 Å². The molecule has 1 nitrogen and oxygen atoms in total. The lowest BCUT2D eigenvalue weighted by molar-refractivity contribution is 0.396. The topological polar surface area (TPSA) is 12.0 Å². The first-order chi connectivity index (χ1) is 7.22. The maximum atomic E-state index is 3.71. The smallest absolute Gasteiger partial charge is 0.00672 e. The molecule has 0 aromatic carbocycles. The van der Waals surface area contributed by atoms with Gasteiger partial charge in [-0.05, 0) is 50.5 Å². The molecule has 0 aliphatic heterocycles. The maximum Gasteiger partial charge on any atom is 0.00672 e. The molecule has 1 fully saturated rings. The largest absolute Gasteiger partial charge is 0.314 e. The molecular formula is C14H29N. The summed E-state index contributed by atoms with van der Waals surface area (Å²) >= 11 is 0. The van der Waals surface area contributed by atoms with Gasteiger partial charge >= 0.3 is 0 Å². The van der Waals surface area contributed by atoms with Crippen LogP contribution in [0.4, 0.5) is 0 Å². The van der Waals surface area contributed by atoms with Crippen LogP contribution < -0.4 is 5.32 Å². The van der Waals surface area contributed by atoms with Crippen molar-refractivity contribution in [3.63, 3.8) is 0 Å². The molecule has 1 heteroatoms. The first kappa shape index (κ1) is 13.0. The molecule has 0 aromatic heterocycles. The first-order valence-corrected chi connectivity index (χ1v) is 6.95. The van der Waals surface area contributed by atoms with Gasteiger partial charge in [0.1, 0.15) is 0 Å². The summed E-state index contributed by atoms with van der Waals surface area (Å²) in [4.78, 5) is 0. The zero-order chi connectivity index (χ0) is 11.1. The van der Waals surface area contributed by atoms with E-state index < -0.39 is 0 Å². The molecule has 1 aliphatic carbocycles. The fourth-order valence-corrected chi connectivity index (χ4v) is 2.07. The Balaban J connectivity index is 2.10.